The Kier molecular flexibility index (Phi) is 3.13. The van der Waals surface area contributed by atoms with Crippen LogP contribution >= 0.6 is 0 Å². The summed E-state index contributed by atoms with van der Waals surface area (Å²) in [6.07, 6.45) is 1.55. The molecule has 0 bridgehead atoms. The van der Waals surface area contributed by atoms with Crippen molar-refractivity contribution in [2.24, 2.45) is 0 Å². The van der Waals surface area contributed by atoms with Gasteiger partial charge in [-0.15, -0.1) is 0 Å². The maximum atomic E-state index is 11.3. The molecule has 0 aliphatic heterocycles. The van der Waals surface area contributed by atoms with Crippen LogP contribution in [0.15, 0.2) is 33.3 Å². The third kappa shape index (κ3) is 2.47. The number of nitrogens with zero attached hydrogens (tertiary/aromatic N) is 1. The van der Waals surface area contributed by atoms with Crippen LogP contribution in [-0.4, -0.2) is 16.1 Å². The van der Waals surface area contributed by atoms with Crippen molar-refractivity contribution in [3.05, 3.63) is 47.4 Å². The highest BCUT2D eigenvalue weighted by Gasteiger charge is 2.17. The van der Waals surface area contributed by atoms with Gasteiger partial charge in [0.25, 0.3) is 0 Å². The highest BCUT2D eigenvalue weighted by Crippen LogP contribution is 2.29. The number of aryl methyl sites for hydroxylation is 2. The van der Waals surface area contributed by atoms with Gasteiger partial charge in [0.1, 0.15) is 28.9 Å². The fourth-order valence-corrected chi connectivity index (χ4v) is 2.17. The van der Waals surface area contributed by atoms with Crippen LogP contribution in [0.2, 0.25) is 0 Å². The molecule has 0 saturated carbocycles. The summed E-state index contributed by atoms with van der Waals surface area (Å²) in [6, 6.07) is 5.04. The van der Waals surface area contributed by atoms with E-state index in [9.17, 15) is 9.90 Å². The zero-order chi connectivity index (χ0) is 15.0. The predicted octanol–water partition coefficient (Wildman–Crippen LogP) is 3.31. The summed E-state index contributed by atoms with van der Waals surface area (Å²) < 4.78 is 16.2. The van der Waals surface area contributed by atoms with E-state index >= 15 is 0 Å². The lowest BCUT2D eigenvalue weighted by atomic mass is 10.1. The second-order valence-electron chi connectivity index (χ2n) is 4.67. The molecule has 0 atom stereocenters. The van der Waals surface area contributed by atoms with Crippen LogP contribution in [0.3, 0.4) is 0 Å². The molecule has 0 radical (unpaired) electrons. The minimum atomic E-state index is -1.02. The molecule has 2 heterocycles. The number of carboxylic acids is 1. The summed E-state index contributed by atoms with van der Waals surface area (Å²) in [4.78, 5) is 15.4. The number of hydrogen-bond acceptors (Lipinski definition) is 5. The second kappa shape index (κ2) is 4.97. The average molecular weight is 287 g/mol. The van der Waals surface area contributed by atoms with Crippen LogP contribution < -0.4 is 4.74 Å². The Balaban J connectivity index is 1.89. The minimum Gasteiger partial charge on any atom is -0.484 e. The monoisotopic (exact) mass is 287 g/mol. The number of rotatable bonds is 4. The molecule has 6 heteroatoms. The van der Waals surface area contributed by atoms with E-state index in [-0.39, 0.29) is 12.2 Å². The fourth-order valence-electron chi connectivity index (χ4n) is 2.17. The summed E-state index contributed by atoms with van der Waals surface area (Å²) in [6.45, 7) is 3.63. The van der Waals surface area contributed by atoms with Gasteiger partial charge >= 0.3 is 5.97 Å². The number of ether oxygens (including phenoxy) is 1. The summed E-state index contributed by atoms with van der Waals surface area (Å²) in [5.74, 6) is 0.348. The van der Waals surface area contributed by atoms with Gasteiger partial charge in [0.2, 0.25) is 5.89 Å². The smallest absolute Gasteiger partial charge is 0.339 e. The van der Waals surface area contributed by atoms with Crippen LogP contribution in [0.4, 0.5) is 0 Å². The Bertz CT molecular complexity index is 815. The number of carbonyl (C=O) groups is 1. The van der Waals surface area contributed by atoms with E-state index in [0.717, 1.165) is 5.69 Å². The standard InChI is InChI=1S/C15H13NO5/c1-8-6-20-13(16-8)7-19-10-3-4-12-11(5-10)14(15(17)18)9(2)21-12/h3-6H,7H2,1-2H3,(H,17,18). The lowest BCUT2D eigenvalue weighted by molar-refractivity contribution is 0.0697. The maximum Gasteiger partial charge on any atom is 0.339 e. The molecular weight excluding hydrogens is 274 g/mol. The topological polar surface area (TPSA) is 85.7 Å². The Labute approximate surface area is 120 Å². The summed E-state index contributed by atoms with van der Waals surface area (Å²) in [5.41, 5.74) is 1.45. The Morgan fingerprint density at radius 3 is 2.86 bits per heavy atom. The van der Waals surface area contributed by atoms with Crippen molar-refractivity contribution in [2.45, 2.75) is 20.5 Å². The first-order chi connectivity index (χ1) is 10.0. The number of aromatic nitrogens is 1. The van der Waals surface area contributed by atoms with Gasteiger partial charge in [0, 0.05) is 5.39 Å². The molecule has 2 aromatic heterocycles. The number of hydrogen-bond donors (Lipinski definition) is 1. The zero-order valence-corrected chi connectivity index (χ0v) is 11.5. The van der Waals surface area contributed by atoms with Gasteiger partial charge in [-0.1, -0.05) is 0 Å². The van der Waals surface area contributed by atoms with Crippen LogP contribution in [0.25, 0.3) is 11.0 Å². The summed E-state index contributed by atoms with van der Waals surface area (Å²) in [5, 5.41) is 9.74. The Morgan fingerprint density at radius 2 is 2.19 bits per heavy atom. The Morgan fingerprint density at radius 1 is 1.38 bits per heavy atom. The van der Waals surface area contributed by atoms with Crippen molar-refractivity contribution in [1.29, 1.82) is 0 Å². The number of aromatic carboxylic acids is 1. The molecule has 0 amide bonds. The SMILES string of the molecule is Cc1coc(COc2ccc3oc(C)c(C(=O)O)c3c2)n1. The molecule has 0 unspecified atom stereocenters. The van der Waals surface area contributed by atoms with Crippen LogP contribution in [0.1, 0.15) is 27.7 Å². The molecule has 1 N–H and O–H groups in total. The number of carboxylic acid groups (broad SMARTS) is 1. The molecule has 3 aromatic rings. The van der Waals surface area contributed by atoms with Gasteiger partial charge in [0.15, 0.2) is 6.61 Å². The molecule has 0 spiro atoms. The van der Waals surface area contributed by atoms with E-state index < -0.39 is 5.97 Å². The van der Waals surface area contributed by atoms with Crippen molar-refractivity contribution < 1.29 is 23.5 Å². The van der Waals surface area contributed by atoms with E-state index in [1.54, 1.807) is 31.4 Å². The first kappa shape index (κ1) is 13.2. The van der Waals surface area contributed by atoms with Gasteiger partial charge in [-0.3, -0.25) is 0 Å². The third-order valence-electron chi connectivity index (χ3n) is 3.08. The van der Waals surface area contributed by atoms with Gasteiger partial charge in [-0.25, -0.2) is 9.78 Å². The average Bonchev–Trinajstić information content (AvgIpc) is 2.98. The Hall–Kier alpha value is -2.76. The molecular formula is C15H13NO5. The molecule has 3 rings (SSSR count). The van der Waals surface area contributed by atoms with Gasteiger partial charge < -0.3 is 18.7 Å². The fraction of sp³-hybridized carbons (Fsp3) is 0.200. The molecule has 0 saturated heterocycles. The van der Waals surface area contributed by atoms with Gasteiger partial charge in [-0.2, -0.15) is 0 Å². The van der Waals surface area contributed by atoms with Crippen molar-refractivity contribution >= 4 is 16.9 Å². The van der Waals surface area contributed by atoms with Crippen molar-refractivity contribution in [1.82, 2.24) is 4.98 Å². The van der Waals surface area contributed by atoms with Crippen LogP contribution in [0, 0.1) is 13.8 Å². The zero-order valence-electron chi connectivity index (χ0n) is 11.5. The lowest BCUT2D eigenvalue weighted by Crippen LogP contribution is -1.98. The van der Waals surface area contributed by atoms with Crippen LogP contribution in [-0.2, 0) is 6.61 Å². The lowest BCUT2D eigenvalue weighted by Gasteiger charge is -2.03. The second-order valence-corrected chi connectivity index (χ2v) is 4.67. The first-order valence-corrected chi connectivity index (χ1v) is 6.35. The molecule has 1 aromatic carbocycles. The summed E-state index contributed by atoms with van der Waals surface area (Å²) in [7, 11) is 0. The minimum absolute atomic E-state index is 0.155. The highest BCUT2D eigenvalue weighted by molar-refractivity contribution is 6.03. The highest BCUT2D eigenvalue weighted by atomic mass is 16.5. The number of fused-ring (bicyclic) bond motifs is 1. The largest absolute Gasteiger partial charge is 0.484 e. The van der Waals surface area contributed by atoms with E-state index in [2.05, 4.69) is 4.98 Å². The van der Waals surface area contributed by atoms with Crippen molar-refractivity contribution in [3.8, 4) is 5.75 Å². The van der Waals surface area contributed by atoms with E-state index in [1.807, 2.05) is 6.92 Å². The van der Waals surface area contributed by atoms with Crippen molar-refractivity contribution in [3.63, 3.8) is 0 Å². The first-order valence-electron chi connectivity index (χ1n) is 6.35. The normalized spacial score (nSPS) is 11.0. The van der Waals surface area contributed by atoms with Crippen LogP contribution in [0.5, 0.6) is 5.75 Å². The van der Waals surface area contributed by atoms with E-state index in [0.29, 0.717) is 28.4 Å². The number of oxazole rings is 1. The van der Waals surface area contributed by atoms with Gasteiger partial charge in [0.05, 0.1) is 5.69 Å². The molecule has 0 aliphatic rings. The van der Waals surface area contributed by atoms with E-state index in [1.165, 1.54) is 0 Å². The summed E-state index contributed by atoms with van der Waals surface area (Å²) >= 11 is 0. The molecule has 108 valence electrons. The molecule has 0 aliphatic carbocycles. The maximum absolute atomic E-state index is 11.3. The van der Waals surface area contributed by atoms with E-state index in [4.69, 9.17) is 13.6 Å². The predicted molar refractivity (Wildman–Crippen MR) is 73.5 cm³/mol. The molecule has 6 nitrogen and oxygen atoms in total. The molecule has 0 fully saturated rings. The number of benzene rings is 1. The number of furan rings is 1. The van der Waals surface area contributed by atoms with Gasteiger partial charge in [-0.05, 0) is 32.0 Å². The molecule has 21 heavy (non-hydrogen) atoms. The third-order valence-corrected chi connectivity index (χ3v) is 3.08. The quantitative estimate of drug-likeness (QED) is 0.792. The van der Waals surface area contributed by atoms with Crippen molar-refractivity contribution in [2.75, 3.05) is 0 Å².